The van der Waals surface area contributed by atoms with Gasteiger partial charge in [-0.2, -0.15) is 0 Å². The Morgan fingerprint density at radius 2 is 1.76 bits per heavy atom. The van der Waals surface area contributed by atoms with Crippen molar-refractivity contribution in [3.63, 3.8) is 0 Å². The Kier molecular flexibility index (Phi) is 4.83. The molecule has 0 bridgehead atoms. The lowest BCUT2D eigenvalue weighted by atomic mass is 9.47. The normalized spacial score (nSPS) is 38.3. The summed E-state index contributed by atoms with van der Waals surface area (Å²) in [6.45, 7) is 11.8. The predicted molar refractivity (Wildman–Crippen MR) is 138 cm³/mol. The van der Waals surface area contributed by atoms with E-state index in [-0.39, 0.29) is 5.60 Å². The Bertz CT molecular complexity index is 1130. The van der Waals surface area contributed by atoms with Crippen LogP contribution in [0.3, 0.4) is 0 Å². The predicted octanol–water partition coefficient (Wildman–Crippen LogP) is 8.31. The second-order valence-electron chi connectivity index (χ2n) is 12.9. The summed E-state index contributed by atoms with van der Waals surface area (Å²) in [5, 5.41) is 1.33. The number of H-pyrrole nitrogens is 1. The molecule has 4 aliphatic rings. The van der Waals surface area contributed by atoms with E-state index in [0.29, 0.717) is 16.9 Å². The number of allylic oxidation sites excluding steroid dienone is 3. The van der Waals surface area contributed by atoms with Gasteiger partial charge in [-0.05, 0) is 129 Å². The fourth-order valence-corrected chi connectivity index (χ4v) is 8.46. The highest BCUT2D eigenvalue weighted by Crippen LogP contribution is 2.66. The van der Waals surface area contributed by atoms with Crippen LogP contribution in [0.25, 0.3) is 16.5 Å². The fourth-order valence-electron chi connectivity index (χ4n) is 8.46. The van der Waals surface area contributed by atoms with Gasteiger partial charge < -0.3 is 9.72 Å². The highest BCUT2D eigenvalue weighted by atomic mass is 16.5. The van der Waals surface area contributed by atoms with Crippen molar-refractivity contribution in [1.29, 1.82) is 0 Å². The van der Waals surface area contributed by atoms with E-state index in [1.807, 2.05) is 0 Å². The highest BCUT2D eigenvalue weighted by Gasteiger charge is 2.56. The molecule has 6 rings (SSSR count). The average molecular weight is 444 g/mol. The van der Waals surface area contributed by atoms with E-state index in [4.69, 9.17) is 4.74 Å². The first kappa shape index (κ1) is 21.7. The molecular weight excluding hydrogens is 402 g/mol. The summed E-state index contributed by atoms with van der Waals surface area (Å²) in [5.41, 5.74) is 6.69. The van der Waals surface area contributed by atoms with E-state index < -0.39 is 0 Å². The summed E-state index contributed by atoms with van der Waals surface area (Å²) < 4.78 is 6.43. The Morgan fingerprint density at radius 3 is 2.58 bits per heavy atom. The van der Waals surface area contributed by atoms with Crippen molar-refractivity contribution in [2.24, 2.45) is 28.6 Å². The van der Waals surface area contributed by atoms with Crippen molar-refractivity contribution in [1.82, 2.24) is 4.98 Å². The Hall–Kier alpha value is -1.80. The minimum Gasteiger partial charge on any atom is -0.372 e. The van der Waals surface area contributed by atoms with Gasteiger partial charge in [0.25, 0.3) is 0 Å². The van der Waals surface area contributed by atoms with Crippen LogP contribution in [0, 0.1) is 28.6 Å². The lowest BCUT2D eigenvalue weighted by Crippen LogP contribution is -2.50. The molecule has 176 valence electrons. The second-order valence-corrected chi connectivity index (χ2v) is 12.9. The molecule has 6 atom stereocenters. The molecular formula is C31H41NO. The third-order valence-corrected chi connectivity index (χ3v) is 10.0. The molecule has 2 fully saturated rings. The van der Waals surface area contributed by atoms with E-state index >= 15 is 0 Å². The molecule has 0 spiro atoms. The lowest BCUT2D eigenvalue weighted by Gasteiger charge is -2.58. The SMILES string of the molecule is CC(C)(C)O[C@H]1CC[C@@]2(C)C(=CC[C@@H]3[C@@H]2CC[C@]2(C)C(c4ccc5[nH]ccc5c4)=CC[C@@H]32)C1. The summed E-state index contributed by atoms with van der Waals surface area (Å²) in [7, 11) is 0. The van der Waals surface area contributed by atoms with Crippen LogP contribution in [0.4, 0.5) is 0 Å². The van der Waals surface area contributed by atoms with Crippen LogP contribution in [0.5, 0.6) is 0 Å². The van der Waals surface area contributed by atoms with E-state index in [1.54, 1.807) is 11.1 Å². The van der Waals surface area contributed by atoms with Crippen LogP contribution >= 0.6 is 0 Å². The maximum Gasteiger partial charge on any atom is 0.0619 e. The summed E-state index contributed by atoms with van der Waals surface area (Å²) in [5.74, 6) is 2.44. The van der Waals surface area contributed by atoms with E-state index in [9.17, 15) is 0 Å². The molecule has 0 amide bonds. The molecule has 1 aromatic heterocycles. The maximum atomic E-state index is 6.43. The van der Waals surface area contributed by atoms with Gasteiger partial charge in [0.1, 0.15) is 0 Å². The van der Waals surface area contributed by atoms with Crippen LogP contribution in [0.1, 0.15) is 85.1 Å². The number of benzene rings is 1. The van der Waals surface area contributed by atoms with Gasteiger partial charge in [-0.3, -0.25) is 0 Å². The van der Waals surface area contributed by atoms with Gasteiger partial charge in [0.05, 0.1) is 11.7 Å². The zero-order valence-corrected chi connectivity index (χ0v) is 21.2. The molecule has 0 unspecified atom stereocenters. The third kappa shape index (κ3) is 3.39. The number of aromatic amines is 1. The second kappa shape index (κ2) is 7.35. The third-order valence-electron chi connectivity index (χ3n) is 10.0. The van der Waals surface area contributed by atoms with Crippen LogP contribution in [-0.4, -0.2) is 16.7 Å². The van der Waals surface area contributed by atoms with Crippen LogP contribution in [-0.2, 0) is 4.74 Å². The molecule has 1 N–H and O–H groups in total. The molecule has 0 saturated heterocycles. The van der Waals surface area contributed by atoms with E-state index in [2.05, 4.69) is 82.2 Å². The van der Waals surface area contributed by atoms with Gasteiger partial charge in [-0.25, -0.2) is 0 Å². The fraction of sp³-hybridized carbons (Fsp3) is 0.613. The van der Waals surface area contributed by atoms with Crippen LogP contribution in [0.2, 0.25) is 0 Å². The van der Waals surface area contributed by atoms with Crippen molar-refractivity contribution in [3.8, 4) is 0 Å². The molecule has 0 aliphatic heterocycles. The van der Waals surface area contributed by atoms with Gasteiger partial charge in [0.15, 0.2) is 0 Å². The number of fused-ring (bicyclic) bond motifs is 6. The number of aromatic nitrogens is 1. The van der Waals surface area contributed by atoms with Gasteiger partial charge in [0.2, 0.25) is 0 Å². The molecule has 2 nitrogen and oxygen atoms in total. The van der Waals surface area contributed by atoms with Crippen molar-refractivity contribution in [2.45, 2.75) is 91.3 Å². The summed E-state index contributed by atoms with van der Waals surface area (Å²) in [6, 6.07) is 9.23. The van der Waals surface area contributed by atoms with Crippen molar-refractivity contribution < 1.29 is 4.74 Å². The van der Waals surface area contributed by atoms with E-state index in [0.717, 1.165) is 24.2 Å². The van der Waals surface area contributed by atoms with Crippen LogP contribution < -0.4 is 0 Å². The molecule has 1 heterocycles. The Morgan fingerprint density at radius 1 is 0.939 bits per heavy atom. The zero-order valence-electron chi connectivity index (χ0n) is 21.2. The minimum atomic E-state index is -0.0435. The summed E-state index contributed by atoms with van der Waals surface area (Å²) >= 11 is 0. The first-order valence-electron chi connectivity index (χ1n) is 13.3. The van der Waals surface area contributed by atoms with Crippen LogP contribution in [0.15, 0.2) is 48.2 Å². The van der Waals surface area contributed by atoms with Crippen molar-refractivity contribution in [3.05, 3.63) is 53.8 Å². The van der Waals surface area contributed by atoms with Gasteiger partial charge in [-0.1, -0.05) is 37.6 Å². The molecule has 33 heavy (non-hydrogen) atoms. The topological polar surface area (TPSA) is 25.0 Å². The minimum absolute atomic E-state index is 0.0435. The average Bonchev–Trinajstić information content (AvgIpc) is 3.36. The molecule has 2 saturated carbocycles. The van der Waals surface area contributed by atoms with Gasteiger partial charge in [-0.15, -0.1) is 0 Å². The van der Waals surface area contributed by atoms with Crippen molar-refractivity contribution in [2.75, 3.05) is 0 Å². The molecule has 4 aliphatic carbocycles. The van der Waals surface area contributed by atoms with Gasteiger partial charge >= 0.3 is 0 Å². The van der Waals surface area contributed by atoms with E-state index in [1.165, 1.54) is 55.0 Å². The first-order valence-corrected chi connectivity index (χ1v) is 13.3. The number of rotatable bonds is 2. The quantitative estimate of drug-likeness (QED) is 0.464. The summed E-state index contributed by atoms with van der Waals surface area (Å²) in [4.78, 5) is 3.35. The largest absolute Gasteiger partial charge is 0.372 e. The highest BCUT2D eigenvalue weighted by molar-refractivity contribution is 5.85. The standard InChI is InChI=1S/C31H41NO/c1-29(2,3)33-23-12-15-30(4)22(19-23)7-8-24-26-10-9-25(31(26,5)16-13-27(24)30)20-6-11-28-21(18-20)14-17-32-28/h6-7,9,11,14,17-18,23-24,26-27,32H,8,10,12-13,15-16,19H2,1-5H3/t23-,24-,26-,27-,30-,31+/m0/s1. The molecule has 2 aromatic rings. The Balaban J connectivity index is 1.26. The van der Waals surface area contributed by atoms with Gasteiger partial charge in [0, 0.05) is 11.7 Å². The maximum absolute atomic E-state index is 6.43. The molecule has 1 aromatic carbocycles. The first-order chi connectivity index (χ1) is 15.7. The number of ether oxygens (including phenoxy) is 1. The Labute approximate surface area is 199 Å². The number of nitrogens with one attached hydrogen (secondary N) is 1. The molecule has 2 heteroatoms. The molecule has 0 radical (unpaired) electrons. The number of hydrogen-bond donors (Lipinski definition) is 1. The smallest absolute Gasteiger partial charge is 0.0619 e. The zero-order chi connectivity index (χ0) is 23.0. The summed E-state index contributed by atoms with van der Waals surface area (Å²) in [6.07, 6.45) is 16.6. The monoisotopic (exact) mass is 443 g/mol. The van der Waals surface area contributed by atoms with Crippen molar-refractivity contribution >= 4 is 16.5 Å². The number of hydrogen-bond acceptors (Lipinski definition) is 1. The lowest BCUT2D eigenvalue weighted by molar-refractivity contribution is -0.0894.